The molecule has 2 N–H and O–H groups in total. The van der Waals surface area contributed by atoms with Gasteiger partial charge < -0.3 is 15.0 Å². The van der Waals surface area contributed by atoms with E-state index in [0.717, 1.165) is 24.7 Å². The Kier molecular flexibility index (Phi) is 6.74. The first-order chi connectivity index (χ1) is 15.7. The topological polar surface area (TPSA) is 87.7 Å². The Hall–Kier alpha value is -2.49. The molecule has 2 unspecified atom stereocenters. The maximum absolute atomic E-state index is 15.6. The molecule has 0 radical (unpaired) electrons. The van der Waals surface area contributed by atoms with Gasteiger partial charge >= 0.3 is 6.03 Å². The fourth-order valence-electron chi connectivity index (χ4n) is 4.82. The van der Waals surface area contributed by atoms with Gasteiger partial charge in [-0.25, -0.2) is 22.3 Å². The van der Waals surface area contributed by atoms with Crippen LogP contribution in [0.25, 0.3) is 11.1 Å². The molecular formula is C24H30FN3O4S. The van der Waals surface area contributed by atoms with Crippen molar-refractivity contribution >= 4 is 16.1 Å². The Balaban J connectivity index is 1.66. The summed E-state index contributed by atoms with van der Waals surface area (Å²) in [7, 11) is -1.96. The highest BCUT2D eigenvalue weighted by Crippen LogP contribution is 2.55. The normalized spacial score (nSPS) is 21.4. The first-order valence-corrected chi connectivity index (χ1v) is 13.0. The van der Waals surface area contributed by atoms with E-state index in [1.165, 1.54) is 0 Å². The van der Waals surface area contributed by atoms with Crippen LogP contribution < -0.4 is 10.0 Å². The summed E-state index contributed by atoms with van der Waals surface area (Å²) in [6, 6.07) is 13.2. The number of urea groups is 1. The Bertz CT molecular complexity index is 1110. The van der Waals surface area contributed by atoms with Crippen LogP contribution in [0.3, 0.4) is 0 Å². The monoisotopic (exact) mass is 475 g/mol. The minimum Gasteiger partial charge on any atom is -0.383 e. The molecular weight excluding hydrogens is 445 g/mol. The summed E-state index contributed by atoms with van der Waals surface area (Å²) in [6.45, 7) is 1.14. The highest BCUT2D eigenvalue weighted by atomic mass is 32.2. The lowest BCUT2D eigenvalue weighted by Crippen LogP contribution is -2.51. The molecule has 2 aromatic rings. The number of carbonyl (C=O) groups is 1. The summed E-state index contributed by atoms with van der Waals surface area (Å²) < 4.78 is 47.7. The maximum Gasteiger partial charge on any atom is 0.317 e. The van der Waals surface area contributed by atoms with Crippen LogP contribution in [-0.4, -0.2) is 64.5 Å². The summed E-state index contributed by atoms with van der Waals surface area (Å²) in [5.41, 5.74) is 1.40. The molecule has 2 aliphatic rings. The standard InChI is InChI=1S/C24H30FN3O4S/c1-32-14-13-26-23(29)28-16-24(11-12-24)22(27-33(2,30)31)20(28)15-18-9-6-10-19(21(18)25)17-7-4-3-5-8-17/h3-10,20,22,27H,11-16H2,1-2H3,(H,26,29). The molecule has 0 bridgehead atoms. The second-order valence-corrected chi connectivity index (χ2v) is 10.8. The molecule has 178 valence electrons. The van der Waals surface area contributed by atoms with Crippen LogP contribution in [0.4, 0.5) is 9.18 Å². The average molecular weight is 476 g/mol. The van der Waals surface area contributed by atoms with E-state index >= 15 is 4.39 Å². The molecule has 1 heterocycles. The number of benzene rings is 2. The van der Waals surface area contributed by atoms with Crippen LogP contribution in [0, 0.1) is 11.2 Å². The van der Waals surface area contributed by atoms with Crippen molar-refractivity contribution in [2.45, 2.75) is 31.3 Å². The lowest BCUT2D eigenvalue weighted by molar-refractivity contribution is 0.173. The van der Waals surface area contributed by atoms with Crippen molar-refractivity contribution in [2.75, 3.05) is 33.1 Å². The van der Waals surface area contributed by atoms with Crippen molar-refractivity contribution in [1.82, 2.24) is 14.9 Å². The van der Waals surface area contributed by atoms with Gasteiger partial charge in [0, 0.05) is 37.2 Å². The van der Waals surface area contributed by atoms with Gasteiger partial charge in [-0.05, 0) is 30.4 Å². The van der Waals surface area contributed by atoms with Gasteiger partial charge in [-0.3, -0.25) is 0 Å². The van der Waals surface area contributed by atoms with E-state index in [1.54, 1.807) is 30.2 Å². The van der Waals surface area contributed by atoms with Crippen LogP contribution in [0.2, 0.25) is 0 Å². The largest absolute Gasteiger partial charge is 0.383 e. The quantitative estimate of drug-likeness (QED) is 0.575. The number of hydrogen-bond acceptors (Lipinski definition) is 4. The molecule has 33 heavy (non-hydrogen) atoms. The Morgan fingerprint density at radius 1 is 1.18 bits per heavy atom. The number of rotatable bonds is 8. The van der Waals surface area contributed by atoms with Gasteiger partial charge in [0.1, 0.15) is 5.82 Å². The van der Waals surface area contributed by atoms with E-state index < -0.39 is 22.1 Å². The number of nitrogens with one attached hydrogen (secondary N) is 2. The van der Waals surface area contributed by atoms with Gasteiger partial charge in [0.05, 0.1) is 18.9 Å². The second-order valence-electron chi connectivity index (χ2n) is 9.00. The molecule has 9 heteroatoms. The minimum absolute atomic E-state index is 0.207. The van der Waals surface area contributed by atoms with E-state index in [4.69, 9.17) is 4.74 Å². The smallest absolute Gasteiger partial charge is 0.317 e. The first-order valence-electron chi connectivity index (χ1n) is 11.1. The molecule has 4 rings (SSSR count). The predicted molar refractivity (Wildman–Crippen MR) is 125 cm³/mol. The van der Waals surface area contributed by atoms with Gasteiger partial charge in [-0.1, -0.05) is 48.5 Å². The third-order valence-electron chi connectivity index (χ3n) is 6.60. The summed E-state index contributed by atoms with van der Waals surface area (Å²) in [5, 5.41) is 2.83. The fourth-order valence-corrected chi connectivity index (χ4v) is 5.69. The number of sulfonamides is 1. The van der Waals surface area contributed by atoms with Crippen LogP contribution in [-0.2, 0) is 21.2 Å². The lowest BCUT2D eigenvalue weighted by atomic mass is 9.91. The molecule has 0 aromatic heterocycles. The molecule has 1 saturated heterocycles. The number of ether oxygens (including phenoxy) is 1. The molecule has 1 spiro atoms. The molecule has 1 saturated carbocycles. The van der Waals surface area contributed by atoms with E-state index in [-0.39, 0.29) is 23.7 Å². The third kappa shape index (κ3) is 5.20. The number of carbonyl (C=O) groups excluding carboxylic acids is 1. The fraction of sp³-hybridized carbons (Fsp3) is 0.458. The third-order valence-corrected chi connectivity index (χ3v) is 7.28. The molecule has 2 amide bonds. The van der Waals surface area contributed by atoms with Crippen LogP contribution in [0.15, 0.2) is 48.5 Å². The van der Waals surface area contributed by atoms with Crippen molar-refractivity contribution in [3.05, 3.63) is 59.9 Å². The molecule has 1 aliphatic carbocycles. The number of methoxy groups -OCH3 is 1. The molecule has 2 atom stereocenters. The zero-order valence-corrected chi connectivity index (χ0v) is 19.7. The van der Waals surface area contributed by atoms with Crippen LogP contribution in [0.5, 0.6) is 0 Å². The van der Waals surface area contributed by atoms with Crippen LogP contribution in [0.1, 0.15) is 18.4 Å². The van der Waals surface area contributed by atoms with Crippen molar-refractivity contribution in [3.8, 4) is 11.1 Å². The highest BCUT2D eigenvalue weighted by Gasteiger charge is 2.61. The van der Waals surface area contributed by atoms with Crippen molar-refractivity contribution < 1.29 is 22.3 Å². The van der Waals surface area contributed by atoms with Gasteiger partial charge in [0.2, 0.25) is 10.0 Å². The highest BCUT2D eigenvalue weighted by molar-refractivity contribution is 7.88. The molecule has 2 fully saturated rings. The first kappa shape index (κ1) is 23.7. The van der Waals surface area contributed by atoms with Gasteiger partial charge in [-0.2, -0.15) is 0 Å². The summed E-state index contributed by atoms with van der Waals surface area (Å²) in [6.07, 6.45) is 2.98. The number of nitrogens with zero attached hydrogens (tertiary/aromatic N) is 1. The lowest BCUT2D eigenvalue weighted by Gasteiger charge is -2.29. The van der Waals surface area contributed by atoms with Crippen molar-refractivity contribution in [3.63, 3.8) is 0 Å². The van der Waals surface area contributed by atoms with Crippen LogP contribution >= 0.6 is 0 Å². The zero-order valence-electron chi connectivity index (χ0n) is 18.9. The van der Waals surface area contributed by atoms with Crippen molar-refractivity contribution in [1.29, 1.82) is 0 Å². The number of hydrogen-bond donors (Lipinski definition) is 2. The molecule has 1 aliphatic heterocycles. The Morgan fingerprint density at radius 3 is 2.55 bits per heavy atom. The number of likely N-dealkylation sites (tertiary alicyclic amines) is 1. The second kappa shape index (κ2) is 9.40. The molecule has 2 aromatic carbocycles. The summed E-state index contributed by atoms with van der Waals surface area (Å²) in [5.74, 6) is -0.349. The number of halogens is 1. The van der Waals surface area contributed by atoms with Gasteiger partial charge in [0.25, 0.3) is 0 Å². The van der Waals surface area contributed by atoms with Crippen molar-refractivity contribution in [2.24, 2.45) is 5.41 Å². The summed E-state index contributed by atoms with van der Waals surface area (Å²) in [4.78, 5) is 14.7. The number of amides is 2. The summed E-state index contributed by atoms with van der Waals surface area (Å²) >= 11 is 0. The zero-order chi connectivity index (χ0) is 23.6. The van der Waals surface area contributed by atoms with E-state index in [9.17, 15) is 13.2 Å². The van der Waals surface area contributed by atoms with E-state index in [0.29, 0.717) is 30.8 Å². The van der Waals surface area contributed by atoms with Gasteiger partial charge in [0.15, 0.2) is 0 Å². The average Bonchev–Trinajstić information content (AvgIpc) is 3.50. The van der Waals surface area contributed by atoms with E-state index in [2.05, 4.69) is 10.0 Å². The Morgan fingerprint density at radius 2 is 1.91 bits per heavy atom. The SMILES string of the molecule is COCCNC(=O)N1CC2(CC2)C(NS(C)(=O)=O)C1Cc1cccc(-c2ccccc2)c1F. The Labute approximate surface area is 194 Å². The minimum atomic E-state index is -3.52. The van der Waals surface area contributed by atoms with Gasteiger partial charge in [-0.15, -0.1) is 0 Å². The maximum atomic E-state index is 15.6. The molecule has 7 nitrogen and oxygen atoms in total. The predicted octanol–water partition coefficient (Wildman–Crippen LogP) is 2.77. The van der Waals surface area contributed by atoms with E-state index in [1.807, 2.05) is 30.3 Å².